The van der Waals surface area contributed by atoms with Gasteiger partial charge >= 0.3 is 0 Å². The predicted molar refractivity (Wildman–Crippen MR) is 122 cm³/mol. The van der Waals surface area contributed by atoms with E-state index in [-0.39, 0.29) is 11.7 Å². The van der Waals surface area contributed by atoms with Crippen molar-refractivity contribution in [1.29, 1.82) is 0 Å². The summed E-state index contributed by atoms with van der Waals surface area (Å²) in [6.07, 6.45) is 1.67. The fourth-order valence-corrected chi connectivity index (χ4v) is 3.77. The summed E-state index contributed by atoms with van der Waals surface area (Å²) in [5, 5.41) is 12.2. The van der Waals surface area contributed by atoms with Crippen molar-refractivity contribution in [1.82, 2.24) is 19.7 Å². The molecule has 0 aliphatic heterocycles. The zero-order chi connectivity index (χ0) is 21.6. The standard InChI is InChI=1S/C23H21N5O2S/c1-16-12-13-24-20(14-16)25-21(29)15-31-23-27-26-22(17-8-10-19(30-2)11-9-17)28(23)18-6-4-3-5-7-18/h3-14H,15H2,1-2H3,(H,24,25,29). The Hall–Kier alpha value is -3.65. The molecule has 0 radical (unpaired) electrons. The van der Waals surface area contributed by atoms with Gasteiger partial charge in [0, 0.05) is 17.4 Å². The van der Waals surface area contributed by atoms with E-state index >= 15 is 0 Å². The highest BCUT2D eigenvalue weighted by Gasteiger charge is 2.17. The van der Waals surface area contributed by atoms with Gasteiger partial charge in [-0.1, -0.05) is 30.0 Å². The lowest BCUT2D eigenvalue weighted by Crippen LogP contribution is -2.15. The minimum absolute atomic E-state index is 0.156. The number of ether oxygens (including phenoxy) is 1. The summed E-state index contributed by atoms with van der Waals surface area (Å²) >= 11 is 1.32. The van der Waals surface area contributed by atoms with Gasteiger partial charge in [-0.2, -0.15) is 0 Å². The number of aryl methyl sites for hydroxylation is 1. The van der Waals surface area contributed by atoms with Gasteiger partial charge in [0.15, 0.2) is 11.0 Å². The first kappa shape index (κ1) is 20.6. The van der Waals surface area contributed by atoms with Crippen molar-refractivity contribution in [2.75, 3.05) is 18.2 Å². The maximum absolute atomic E-state index is 12.4. The van der Waals surface area contributed by atoms with E-state index in [0.29, 0.717) is 16.8 Å². The monoisotopic (exact) mass is 431 g/mol. The summed E-state index contributed by atoms with van der Waals surface area (Å²) in [4.78, 5) is 16.6. The summed E-state index contributed by atoms with van der Waals surface area (Å²) in [6.45, 7) is 1.95. The van der Waals surface area contributed by atoms with Crippen LogP contribution in [0.3, 0.4) is 0 Å². The van der Waals surface area contributed by atoms with Crippen LogP contribution >= 0.6 is 11.8 Å². The van der Waals surface area contributed by atoms with E-state index in [1.165, 1.54) is 11.8 Å². The Bertz CT molecular complexity index is 1180. The highest BCUT2D eigenvalue weighted by molar-refractivity contribution is 7.99. The first-order valence-corrected chi connectivity index (χ1v) is 10.6. The molecule has 2 aromatic heterocycles. The number of carbonyl (C=O) groups is 1. The maximum Gasteiger partial charge on any atom is 0.236 e. The number of benzene rings is 2. The Balaban J connectivity index is 1.58. The molecule has 0 aliphatic carbocycles. The van der Waals surface area contributed by atoms with Gasteiger partial charge in [0.05, 0.1) is 12.9 Å². The van der Waals surface area contributed by atoms with Gasteiger partial charge in [-0.05, 0) is 61.0 Å². The van der Waals surface area contributed by atoms with Crippen LogP contribution in [0.5, 0.6) is 5.75 Å². The van der Waals surface area contributed by atoms with Crippen molar-refractivity contribution < 1.29 is 9.53 Å². The van der Waals surface area contributed by atoms with Crippen LogP contribution < -0.4 is 10.1 Å². The Kier molecular flexibility index (Phi) is 6.28. The quantitative estimate of drug-likeness (QED) is 0.438. The minimum Gasteiger partial charge on any atom is -0.497 e. The number of amides is 1. The smallest absolute Gasteiger partial charge is 0.236 e. The summed E-state index contributed by atoms with van der Waals surface area (Å²) in [5.41, 5.74) is 2.85. The zero-order valence-electron chi connectivity index (χ0n) is 17.1. The maximum atomic E-state index is 12.4. The number of hydrogen-bond acceptors (Lipinski definition) is 6. The summed E-state index contributed by atoms with van der Waals surface area (Å²) < 4.78 is 7.20. The summed E-state index contributed by atoms with van der Waals surface area (Å²) in [6, 6.07) is 21.2. The van der Waals surface area contributed by atoms with Gasteiger partial charge in [-0.15, -0.1) is 10.2 Å². The number of aromatic nitrogens is 4. The highest BCUT2D eigenvalue weighted by Crippen LogP contribution is 2.29. The van der Waals surface area contributed by atoms with Gasteiger partial charge in [0.2, 0.25) is 5.91 Å². The van der Waals surface area contributed by atoms with Crippen molar-refractivity contribution in [3.63, 3.8) is 0 Å². The molecule has 2 aromatic carbocycles. The lowest BCUT2D eigenvalue weighted by atomic mass is 10.2. The van der Waals surface area contributed by atoms with Crippen LogP contribution in [0.25, 0.3) is 17.1 Å². The van der Waals surface area contributed by atoms with Crippen molar-refractivity contribution in [3.05, 3.63) is 78.5 Å². The van der Waals surface area contributed by atoms with Crippen LogP contribution in [0.1, 0.15) is 5.56 Å². The van der Waals surface area contributed by atoms with Crippen molar-refractivity contribution >= 4 is 23.5 Å². The van der Waals surface area contributed by atoms with E-state index in [1.807, 2.05) is 78.2 Å². The van der Waals surface area contributed by atoms with Gasteiger partial charge < -0.3 is 10.1 Å². The van der Waals surface area contributed by atoms with Gasteiger partial charge in [-0.3, -0.25) is 9.36 Å². The molecular formula is C23H21N5O2S. The number of methoxy groups -OCH3 is 1. The van der Waals surface area contributed by atoms with Crippen LogP contribution in [0.4, 0.5) is 5.82 Å². The molecule has 4 rings (SSSR count). The molecule has 0 unspecified atom stereocenters. The molecule has 1 N–H and O–H groups in total. The van der Waals surface area contributed by atoms with E-state index in [9.17, 15) is 4.79 Å². The zero-order valence-corrected chi connectivity index (χ0v) is 18.0. The normalized spacial score (nSPS) is 10.6. The topological polar surface area (TPSA) is 81.9 Å². The fraction of sp³-hybridized carbons (Fsp3) is 0.130. The molecule has 0 saturated heterocycles. The number of thioether (sulfide) groups is 1. The van der Waals surface area contributed by atoms with Crippen LogP contribution in [0.2, 0.25) is 0 Å². The second-order valence-corrected chi connectivity index (χ2v) is 7.70. The third-order valence-electron chi connectivity index (χ3n) is 4.51. The molecule has 0 fully saturated rings. The van der Waals surface area contributed by atoms with Crippen LogP contribution in [0, 0.1) is 6.92 Å². The summed E-state index contributed by atoms with van der Waals surface area (Å²) in [7, 11) is 1.63. The molecule has 4 aromatic rings. The fourth-order valence-electron chi connectivity index (χ4n) is 3.01. The highest BCUT2D eigenvalue weighted by atomic mass is 32.2. The molecular weight excluding hydrogens is 410 g/mol. The third-order valence-corrected chi connectivity index (χ3v) is 5.44. The molecule has 0 spiro atoms. The van der Waals surface area contributed by atoms with Crippen LogP contribution in [-0.4, -0.2) is 38.5 Å². The number of para-hydroxylation sites is 1. The SMILES string of the molecule is COc1ccc(-c2nnc(SCC(=O)Nc3cc(C)ccn3)n2-c2ccccc2)cc1. The second kappa shape index (κ2) is 9.44. The lowest BCUT2D eigenvalue weighted by Gasteiger charge is -2.11. The first-order chi connectivity index (χ1) is 15.1. The summed E-state index contributed by atoms with van der Waals surface area (Å²) in [5.74, 6) is 2.02. The Labute approximate surface area is 184 Å². The Morgan fingerprint density at radius 1 is 1.06 bits per heavy atom. The molecule has 31 heavy (non-hydrogen) atoms. The van der Waals surface area contributed by atoms with Crippen LogP contribution in [0.15, 0.2) is 78.1 Å². The van der Waals surface area contributed by atoms with E-state index < -0.39 is 0 Å². The molecule has 7 nitrogen and oxygen atoms in total. The first-order valence-electron chi connectivity index (χ1n) is 9.64. The number of carbonyl (C=O) groups excluding carboxylic acids is 1. The molecule has 8 heteroatoms. The molecule has 0 bridgehead atoms. The van der Waals surface area contributed by atoms with E-state index in [4.69, 9.17) is 4.74 Å². The number of nitrogens with zero attached hydrogens (tertiary/aromatic N) is 4. The molecule has 156 valence electrons. The van der Waals surface area contributed by atoms with Crippen molar-refractivity contribution in [3.8, 4) is 22.8 Å². The molecule has 1 amide bonds. The Morgan fingerprint density at radius 3 is 2.55 bits per heavy atom. The van der Waals surface area contributed by atoms with E-state index in [1.54, 1.807) is 13.3 Å². The molecule has 0 atom stereocenters. The molecule has 0 aliphatic rings. The largest absolute Gasteiger partial charge is 0.497 e. The predicted octanol–water partition coefficient (Wildman–Crippen LogP) is 4.38. The van der Waals surface area contributed by atoms with Gasteiger partial charge in [0.25, 0.3) is 0 Å². The molecule has 0 saturated carbocycles. The van der Waals surface area contributed by atoms with E-state index in [0.717, 1.165) is 22.6 Å². The third kappa shape index (κ3) is 4.92. The number of anilines is 1. The molecule has 2 heterocycles. The van der Waals surface area contributed by atoms with E-state index in [2.05, 4.69) is 20.5 Å². The van der Waals surface area contributed by atoms with Crippen molar-refractivity contribution in [2.24, 2.45) is 0 Å². The number of hydrogen-bond donors (Lipinski definition) is 1. The second-order valence-electron chi connectivity index (χ2n) is 6.76. The lowest BCUT2D eigenvalue weighted by molar-refractivity contribution is -0.113. The van der Waals surface area contributed by atoms with Crippen LogP contribution in [-0.2, 0) is 4.79 Å². The number of rotatable bonds is 7. The van der Waals surface area contributed by atoms with Crippen molar-refractivity contribution in [2.45, 2.75) is 12.1 Å². The Morgan fingerprint density at radius 2 is 1.84 bits per heavy atom. The average Bonchev–Trinajstić information content (AvgIpc) is 3.22. The number of pyridine rings is 1. The minimum atomic E-state index is -0.156. The number of nitrogens with one attached hydrogen (secondary N) is 1. The average molecular weight is 432 g/mol. The van der Waals surface area contributed by atoms with Gasteiger partial charge in [0.1, 0.15) is 11.6 Å². The van der Waals surface area contributed by atoms with Gasteiger partial charge in [-0.25, -0.2) is 4.98 Å².